The molecule has 0 bridgehead atoms. The molecule has 0 fully saturated rings. The SMILES string of the molecule is Cc1ccc(C(=O)Nc2cccc(C(F)(F)F)c2)cc1NC(=O)c1cnn(-c2ccc(=O)[nH]n2)c1C. The van der Waals surface area contributed by atoms with Gasteiger partial charge in [0.2, 0.25) is 0 Å². The van der Waals surface area contributed by atoms with E-state index in [4.69, 9.17) is 0 Å². The molecular weight excluding hydrogens is 477 g/mol. The van der Waals surface area contributed by atoms with E-state index in [9.17, 15) is 27.6 Å². The topological polar surface area (TPSA) is 122 Å². The summed E-state index contributed by atoms with van der Waals surface area (Å²) in [7, 11) is 0. The van der Waals surface area contributed by atoms with Crippen molar-refractivity contribution < 1.29 is 22.8 Å². The molecule has 0 atom stereocenters. The number of aromatic nitrogens is 4. The van der Waals surface area contributed by atoms with Crippen LogP contribution in [0.4, 0.5) is 24.5 Å². The minimum atomic E-state index is -4.54. The normalized spacial score (nSPS) is 11.2. The molecule has 3 N–H and O–H groups in total. The number of hydrogen-bond donors (Lipinski definition) is 3. The number of aromatic amines is 1. The number of anilines is 2. The number of H-pyrrole nitrogens is 1. The van der Waals surface area contributed by atoms with E-state index in [1.165, 1.54) is 47.3 Å². The van der Waals surface area contributed by atoms with E-state index in [0.717, 1.165) is 12.1 Å². The minimum absolute atomic E-state index is 0.0140. The van der Waals surface area contributed by atoms with E-state index in [0.29, 0.717) is 22.8 Å². The van der Waals surface area contributed by atoms with Gasteiger partial charge in [-0.1, -0.05) is 12.1 Å². The minimum Gasteiger partial charge on any atom is -0.322 e. The van der Waals surface area contributed by atoms with Crippen molar-refractivity contribution >= 4 is 23.2 Å². The van der Waals surface area contributed by atoms with Crippen LogP contribution < -0.4 is 16.2 Å². The molecule has 4 rings (SSSR count). The number of nitrogens with one attached hydrogen (secondary N) is 3. The maximum absolute atomic E-state index is 13.0. The third-order valence-corrected chi connectivity index (χ3v) is 5.33. The van der Waals surface area contributed by atoms with Crippen LogP contribution in [-0.4, -0.2) is 31.8 Å². The molecule has 2 heterocycles. The summed E-state index contributed by atoms with van der Waals surface area (Å²) in [4.78, 5) is 36.9. The van der Waals surface area contributed by atoms with Gasteiger partial charge in [0.15, 0.2) is 5.82 Å². The van der Waals surface area contributed by atoms with Gasteiger partial charge in [-0.2, -0.15) is 23.4 Å². The fourth-order valence-electron chi connectivity index (χ4n) is 3.38. The van der Waals surface area contributed by atoms with Crippen LogP contribution in [0.3, 0.4) is 0 Å². The Morgan fingerprint density at radius 2 is 1.75 bits per heavy atom. The summed E-state index contributed by atoms with van der Waals surface area (Å²) in [6, 6.07) is 11.6. The van der Waals surface area contributed by atoms with Crippen LogP contribution in [0.2, 0.25) is 0 Å². The summed E-state index contributed by atoms with van der Waals surface area (Å²) in [6.45, 7) is 3.38. The number of carbonyl (C=O) groups is 2. The second-order valence-corrected chi connectivity index (χ2v) is 7.85. The van der Waals surface area contributed by atoms with Gasteiger partial charge >= 0.3 is 6.18 Å². The molecule has 36 heavy (non-hydrogen) atoms. The Bertz CT molecular complexity index is 1500. The van der Waals surface area contributed by atoms with Crippen LogP contribution in [0.1, 0.15) is 37.5 Å². The average molecular weight is 496 g/mol. The van der Waals surface area contributed by atoms with Crippen molar-refractivity contribution in [3.63, 3.8) is 0 Å². The van der Waals surface area contributed by atoms with Gasteiger partial charge < -0.3 is 10.6 Å². The van der Waals surface area contributed by atoms with Gasteiger partial charge in [-0.25, -0.2) is 9.78 Å². The van der Waals surface area contributed by atoms with Crippen LogP contribution in [0.25, 0.3) is 5.82 Å². The average Bonchev–Trinajstić information content (AvgIpc) is 3.22. The number of benzene rings is 2. The molecule has 0 aliphatic rings. The number of aryl methyl sites for hydroxylation is 1. The third kappa shape index (κ3) is 5.17. The van der Waals surface area contributed by atoms with Crippen molar-refractivity contribution in [3.05, 3.63) is 99.1 Å². The van der Waals surface area contributed by atoms with E-state index < -0.39 is 23.6 Å². The van der Waals surface area contributed by atoms with Gasteiger partial charge in [0.1, 0.15) is 0 Å². The zero-order valence-corrected chi connectivity index (χ0v) is 19.0. The van der Waals surface area contributed by atoms with Crippen LogP contribution >= 0.6 is 0 Å². The van der Waals surface area contributed by atoms with Crippen molar-refractivity contribution in [2.75, 3.05) is 10.6 Å². The first-order valence-electron chi connectivity index (χ1n) is 10.5. The van der Waals surface area contributed by atoms with Crippen LogP contribution in [0.5, 0.6) is 0 Å². The summed E-state index contributed by atoms with van der Waals surface area (Å²) in [6.07, 6.45) is -3.20. The largest absolute Gasteiger partial charge is 0.416 e. The van der Waals surface area contributed by atoms with Crippen molar-refractivity contribution in [2.24, 2.45) is 0 Å². The molecule has 2 aromatic carbocycles. The zero-order valence-electron chi connectivity index (χ0n) is 19.0. The highest BCUT2D eigenvalue weighted by atomic mass is 19.4. The lowest BCUT2D eigenvalue weighted by Gasteiger charge is -2.12. The summed E-state index contributed by atoms with van der Waals surface area (Å²) in [5, 5.41) is 15.5. The van der Waals surface area contributed by atoms with Crippen molar-refractivity contribution in [2.45, 2.75) is 20.0 Å². The number of alkyl halides is 3. The third-order valence-electron chi connectivity index (χ3n) is 5.33. The molecule has 0 unspecified atom stereocenters. The summed E-state index contributed by atoms with van der Waals surface area (Å²) in [5.41, 5.74) is 0.555. The van der Waals surface area contributed by atoms with E-state index in [1.807, 2.05) is 0 Å². The van der Waals surface area contributed by atoms with Gasteiger partial charge in [-0.05, 0) is 55.8 Å². The number of nitrogens with zero attached hydrogens (tertiary/aromatic N) is 3. The molecule has 4 aromatic rings. The molecule has 0 aliphatic heterocycles. The lowest BCUT2D eigenvalue weighted by atomic mass is 10.1. The predicted molar refractivity (Wildman–Crippen MR) is 125 cm³/mol. The first-order chi connectivity index (χ1) is 17.0. The fourth-order valence-corrected chi connectivity index (χ4v) is 3.38. The summed E-state index contributed by atoms with van der Waals surface area (Å²) in [5.74, 6) is -0.824. The number of amides is 2. The Labute approximate surface area is 202 Å². The highest BCUT2D eigenvalue weighted by Crippen LogP contribution is 2.31. The Morgan fingerprint density at radius 1 is 0.972 bits per heavy atom. The molecule has 2 amide bonds. The Kier molecular flexibility index (Phi) is 6.43. The van der Waals surface area contributed by atoms with Crippen molar-refractivity contribution in [3.8, 4) is 5.82 Å². The smallest absolute Gasteiger partial charge is 0.322 e. The van der Waals surface area contributed by atoms with Crippen molar-refractivity contribution in [1.82, 2.24) is 20.0 Å². The second kappa shape index (κ2) is 9.49. The zero-order chi connectivity index (χ0) is 26.0. The molecule has 9 nitrogen and oxygen atoms in total. The number of hydrogen-bond acceptors (Lipinski definition) is 5. The van der Waals surface area contributed by atoms with Crippen LogP contribution in [0, 0.1) is 13.8 Å². The van der Waals surface area contributed by atoms with Gasteiger partial charge in [0.05, 0.1) is 23.0 Å². The molecular formula is C24H19F3N6O3. The Morgan fingerprint density at radius 3 is 2.44 bits per heavy atom. The van der Waals surface area contributed by atoms with Gasteiger partial charge in [0, 0.05) is 23.0 Å². The van der Waals surface area contributed by atoms with Gasteiger partial charge in [-0.15, -0.1) is 0 Å². The van der Waals surface area contributed by atoms with E-state index in [2.05, 4.69) is 25.9 Å². The maximum atomic E-state index is 13.0. The predicted octanol–water partition coefficient (Wildman–Crippen LogP) is 4.10. The van der Waals surface area contributed by atoms with Gasteiger partial charge in [0.25, 0.3) is 17.4 Å². The molecule has 0 aliphatic carbocycles. The maximum Gasteiger partial charge on any atom is 0.416 e. The highest BCUT2D eigenvalue weighted by molar-refractivity contribution is 6.08. The van der Waals surface area contributed by atoms with E-state index in [-0.39, 0.29) is 22.4 Å². The fraction of sp³-hybridized carbons (Fsp3) is 0.125. The standard InChI is InChI=1S/C24H19F3N6O3/c1-13-6-7-15(22(35)29-17-5-3-4-16(11-17)24(25,26)27)10-19(13)30-23(36)18-12-28-33(14(18)2)20-8-9-21(34)32-31-20/h3-12H,1-2H3,(H,29,35)(H,30,36)(H,32,34). The van der Waals surface area contributed by atoms with Gasteiger partial charge in [-0.3, -0.25) is 14.4 Å². The van der Waals surface area contributed by atoms with E-state index in [1.54, 1.807) is 19.9 Å². The quantitative estimate of drug-likeness (QED) is 0.384. The monoisotopic (exact) mass is 496 g/mol. The van der Waals surface area contributed by atoms with E-state index >= 15 is 0 Å². The highest BCUT2D eigenvalue weighted by Gasteiger charge is 2.30. The number of rotatable bonds is 5. The Balaban J connectivity index is 1.53. The van der Waals surface area contributed by atoms with Crippen LogP contribution in [0.15, 0.2) is 65.6 Å². The number of carbonyl (C=O) groups excluding carboxylic acids is 2. The molecule has 184 valence electrons. The van der Waals surface area contributed by atoms with Crippen LogP contribution in [-0.2, 0) is 6.18 Å². The Hall–Kier alpha value is -4.74. The molecule has 0 spiro atoms. The summed E-state index contributed by atoms with van der Waals surface area (Å²) >= 11 is 0. The lowest BCUT2D eigenvalue weighted by molar-refractivity contribution is -0.137. The second-order valence-electron chi connectivity index (χ2n) is 7.85. The first-order valence-corrected chi connectivity index (χ1v) is 10.5. The molecule has 2 aromatic heterocycles. The summed E-state index contributed by atoms with van der Waals surface area (Å²) < 4.78 is 40.2. The molecule has 12 heteroatoms. The number of halogens is 3. The first kappa shape index (κ1) is 24.4. The molecule has 0 radical (unpaired) electrons. The lowest BCUT2D eigenvalue weighted by Crippen LogP contribution is -2.17. The molecule has 0 saturated carbocycles. The van der Waals surface area contributed by atoms with Crippen molar-refractivity contribution in [1.29, 1.82) is 0 Å². The molecule has 0 saturated heterocycles.